The first-order valence-electron chi connectivity index (χ1n) is 8.49. The van der Waals surface area contributed by atoms with Crippen molar-refractivity contribution in [3.63, 3.8) is 0 Å². The molecule has 0 amide bonds. The van der Waals surface area contributed by atoms with E-state index in [1.54, 1.807) is 18.2 Å². The van der Waals surface area contributed by atoms with Crippen molar-refractivity contribution >= 4 is 21.5 Å². The Labute approximate surface area is 161 Å². The lowest BCUT2D eigenvalue weighted by atomic mass is 10.1. The van der Waals surface area contributed by atoms with E-state index < -0.39 is 21.7 Å². The van der Waals surface area contributed by atoms with Crippen LogP contribution >= 0.6 is 0 Å². The molecule has 1 aliphatic rings. The third kappa shape index (κ3) is 3.74. The first-order valence-corrected chi connectivity index (χ1v) is 9.93. The molecule has 1 heterocycles. The maximum Gasteiger partial charge on any atom is 0.243 e. The molecule has 1 saturated heterocycles. The van der Waals surface area contributed by atoms with Crippen LogP contribution in [0.2, 0.25) is 0 Å². The van der Waals surface area contributed by atoms with Gasteiger partial charge in [-0.05, 0) is 43.3 Å². The highest BCUT2D eigenvalue weighted by molar-refractivity contribution is 7.89. The molecule has 2 aromatic rings. The van der Waals surface area contributed by atoms with Gasteiger partial charge in [0.15, 0.2) is 17.4 Å². The highest BCUT2D eigenvalue weighted by Crippen LogP contribution is 2.26. The second-order valence-corrected chi connectivity index (χ2v) is 8.30. The molecule has 9 heteroatoms. The van der Waals surface area contributed by atoms with E-state index in [4.69, 9.17) is 0 Å². The third-order valence-corrected chi connectivity index (χ3v) is 6.53. The number of benzene rings is 2. The second kappa shape index (κ2) is 7.66. The Morgan fingerprint density at radius 1 is 1.04 bits per heavy atom. The number of rotatable bonds is 4. The van der Waals surface area contributed by atoms with Crippen LogP contribution in [0.15, 0.2) is 41.3 Å². The summed E-state index contributed by atoms with van der Waals surface area (Å²) in [5, 5.41) is 9.32. The minimum atomic E-state index is -3.96. The summed E-state index contributed by atoms with van der Waals surface area (Å²) in [4.78, 5) is 13.2. The highest BCUT2D eigenvalue weighted by atomic mass is 32.2. The molecule has 0 aromatic heterocycles. The van der Waals surface area contributed by atoms with Gasteiger partial charge in [0.2, 0.25) is 10.0 Å². The smallest absolute Gasteiger partial charge is 0.243 e. The van der Waals surface area contributed by atoms with Crippen molar-refractivity contribution in [2.45, 2.75) is 11.8 Å². The number of Topliss-reactive ketones (excluding diaryl/α,β-unsaturated/α-hetero) is 1. The number of carbonyl (C=O) groups excluding carboxylic acids is 1. The number of nitriles is 1. The van der Waals surface area contributed by atoms with Crippen LogP contribution in [0.3, 0.4) is 0 Å². The summed E-state index contributed by atoms with van der Waals surface area (Å²) in [7, 11) is -3.96. The Balaban J connectivity index is 1.81. The number of piperazine rings is 1. The summed E-state index contributed by atoms with van der Waals surface area (Å²) in [5.41, 5.74) is 1.42. The fraction of sp³-hybridized carbons (Fsp3) is 0.263. The van der Waals surface area contributed by atoms with E-state index in [1.165, 1.54) is 11.2 Å². The lowest BCUT2D eigenvalue weighted by Gasteiger charge is -2.35. The van der Waals surface area contributed by atoms with Crippen molar-refractivity contribution in [1.82, 2.24) is 4.31 Å². The monoisotopic (exact) mass is 405 g/mol. The van der Waals surface area contributed by atoms with Crippen LogP contribution in [-0.4, -0.2) is 44.7 Å². The Kier molecular flexibility index (Phi) is 5.45. The van der Waals surface area contributed by atoms with E-state index in [2.05, 4.69) is 6.07 Å². The normalized spacial score (nSPS) is 15.3. The number of nitrogens with zero attached hydrogens (tertiary/aromatic N) is 3. The zero-order chi connectivity index (χ0) is 20.5. The fourth-order valence-electron chi connectivity index (χ4n) is 3.06. The zero-order valence-electron chi connectivity index (χ0n) is 15.0. The minimum Gasteiger partial charge on any atom is -0.368 e. The molecular weight excluding hydrogens is 388 g/mol. The summed E-state index contributed by atoms with van der Waals surface area (Å²) in [6, 6.07) is 9.33. The summed E-state index contributed by atoms with van der Waals surface area (Å²) in [6.45, 7) is 2.22. The van der Waals surface area contributed by atoms with Gasteiger partial charge in [-0.25, -0.2) is 17.2 Å². The predicted octanol–water partition coefficient (Wildman–Crippen LogP) is 2.55. The molecule has 3 rings (SSSR count). The third-order valence-electron chi connectivity index (χ3n) is 4.63. The second-order valence-electron chi connectivity index (χ2n) is 6.37. The van der Waals surface area contributed by atoms with Crippen molar-refractivity contribution in [3.05, 3.63) is 59.2 Å². The molecule has 0 radical (unpaired) electrons. The van der Waals surface area contributed by atoms with Gasteiger partial charge < -0.3 is 4.90 Å². The maximum atomic E-state index is 13.4. The van der Waals surface area contributed by atoms with Crippen molar-refractivity contribution in [3.8, 4) is 6.07 Å². The van der Waals surface area contributed by atoms with Crippen LogP contribution in [0, 0.1) is 23.0 Å². The summed E-state index contributed by atoms with van der Waals surface area (Å²) in [5.74, 6) is -2.47. The lowest BCUT2D eigenvalue weighted by Crippen LogP contribution is -2.48. The standard InChI is InChI=1S/C19H17F2N3O3S/c1-13(25)14-2-3-15(12-22)19(10-14)23-6-8-24(9-7-23)28(26,27)16-4-5-17(20)18(21)11-16/h2-5,10-11H,6-9H2,1H3. The summed E-state index contributed by atoms with van der Waals surface area (Å²) in [6.07, 6.45) is 0. The summed E-state index contributed by atoms with van der Waals surface area (Å²) < 4.78 is 53.1. The first kappa shape index (κ1) is 19.9. The molecule has 1 aliphatic heterocycles. The zero-order valence-corrected chi connectivity index (χ0v) is 15.8. The van der Waals surface area contributed by atoms with Crippen LogP contribution in [0.5, 0.6) is 0 Å². The fourth-order valence-corrected chi connectivity index (χ4v) is 4.50. The van der Waals surface area contributed by atoms with Gasteiger partial charge in [-0.3, -0.25) is 4.79 Å². The molecule has 0 aliphatic carbocycles. The van der Waals surface area contributed by atoms with E-state index in [1.807, 2.05) is 4.90 Å². The van der Waals surface area contributed by atoms with Crippen molar-refractivity contribution < 1.29 is 22.0 Å². The molecule has 0 unspecified atom stereocenters. The van der Waals surface area contributed by atoms with Crippen LogP contribution < -0.4 is 4.90 Å². The Morgan fingerprint density at radius 3 is 2.29 bits per heavy atom. The van der Waals surface area contributed by atoms with Gasteiger partial charge in [0, 0.05) is 31.7 Å². The average molecular weight is 405 g/mol. The number of hydrogen-bond donors (Lipinski definition) is 0. The Bertz CT molecular complexity index is 1070. The van der Waals surface area contributed by atoms with E-state index in [0.29, 0.717) is 36.0 Å². The predicted molar refractivity (Wildman–Crippen MR) is 98.5 cm³/mol. The van der Waals surface area contributed by atoms with Crippen molar-refractivity contribution in [1.29, 1.82) is 5.26 Å². The van der Waals surface area contributed by atoms with E-state index in [-0.39, 0.29) is 23.8 Å². The first-order chi connectivity index (χ1) is 13.2. The van der Waals surface area contributed by atoms with Gasteiger partial charge in [-0.15, -0.1) is 0 Å². The SMILES string of the molecule is CC(=O)c1ccc(C#N)c(N2CCN(S(=O)(=O)c3ccc(F)c(F)c3)CC2)c1. The maximum absolute atomic E-state index is 13.4. The van der Waals surface area contributed by atoms with Gasteiger partial charge in [0.25, 0.3) is 0 Å². The average Bonchev–Trinajstić information content (AvgIpc) is 2.69. The molecule has 0 atom stereocenters. The number of hydrogen-bond acceptors (Lipinski definition) is 5. The molecule has 1 fully saturated rings. The molecule has 2 aromatic carbocycles. The Hall–Kier alpha value is -2.83. The molecule has 0 saturated carbocycles. The number of anilines is 1. The highest BCUT2D eigenvalue weighted by Gasteiger charge is 2.30. The van der Waals surface area contributed by atoms with E-state index in [0.717, 1.165) is 12.1 Å². The molecule has 0 bridgehead atoms. The van der Waals surface area contributed by atoms with Crippen molar-refractivity contribution in [2.75, 3.05) is 31.1 Å². The number of ketones is 1. The molecule has 0 spiro atoms. The summed E-state index contributed by atoms with van der Waals surface area (Å²) >= 11 is 0. The van der Waals surface area contributed by atoms with E-state index >= 15 is 0 Å². The van der Waals surface area contributed by atoms with Crippen molar-refractivity contribution in [2.24, 2.45) is 0 Å². The lowest BCUT2D eigenvalue weighted by molar-refractivity contribution is 0.101. The quantitative estimate of drug-likeness (QED) is 0.731. The van der Waals surface area contributed by atoms with Gasteiger partial charge in [-0.2, -0.15) is 9.57 Å². The topological polar surface area (TPSA) is 81.5 Å². The molecule has 28 heavy (non-hydrogen) atoms. The number of sulfonamides is 1. The molecule has 0 N–H and O–H groups in total. The largest absolute Gasteiger partial charge is 0.368 e. The molecular formula is C19H17F2N3O3S. The van der Waals surface area contributed by atoms with Crippen LogP contribution in [0.4, 0.5) is 14.5 Å². The number of halogens is 2. The van der Waals surface area contributed by atoms with E-state index in [9.17, 15) is 27.3 Å². The van der Waals surface area contributed by atoms with Gasteiger partial charge in [-0.1, -0.05) is 0 Å². The van der Waals surface area contributed by atoms with Crippen LogP contribution in [-0.2, 0) is 10.0 Å². The van der Waals surface area contributed by atoms with Crippen LogP contribution in [0.1, 0.15) is 22.8 Å². The Morgan fingerprint density at radius 2 is 1.71 bits per heavy atom. The van der Waals surface area contributed by atoms with Gasteiger partial charge >= 0.3 is 0 Å². The minimum absolute atomic E-state index is 0.108. The molecule has 146 valence electrons. The molecule has 6 nitrogen and oxygen atoms in total. The number of carbonyl (C=O) groups is 1. The van der Waals surface area contributed by atoms with Gasteiger partial charge in [0.05, 0.1) is 16.1 Å². The van der Waals surface area contributed by atoms with Gasteiger partial charge in [0.1, 0.15) is 6.07 Å². The van der Waals surface area contributed by atoms with Crippen LogP contribution in [0.25, 0.3) is 0 Å².